The Balaban J connectivity index is 2.46. The van der Waals surface area contributed by atoms with Crippen molar-refractivity contribution in [2.24, 2.45) is 0 Å². The minimum absolute atomic E-state index is 0.00528. The minimum Gasteiger partial charge on any atom is -0.488 e. The minimum atomic E-state index is -0.934. The second kappa shape index (κ2) is 7.79. The summed E-state index contributed by atoms with van der Waals surface area (Å²) in [7, 11) is 0. The Labute approximate surface area is 114 Å². The Kier molecular flexibility index (Phi) is 6.36. The molecular formula is C15H22O4. The van der Waals surface area contributed by atoms with Crippen molar-refractivity contribution >= 4 is 5.97 Å². The molecule has 0 fully saturated rings. The van der Waals surface area contributed by atoms with E-state index in [4.69, 9.17) is 14.6 Å². The highest BCUT2D eigenvalue weighted by Crippen LogP contribution is 2.16. The van der Waals surface area contributed by atoms with Gasteiger partial charge in [0.25, 0.3) is 0 Å². The zero-order chi connectivity index (χ0) is 14.3. The summed E-state index contributed by atoms with van der Waals surface area (Å²) >= 11 is 0. The summed E-state index contributed by atoms with van der Waals surface area (Å²) in [6.45, 7) is 6.79. The summed E-state index contributed by atoms with van der Waals surface area (Å²) < 4.78 is 11.4. The van der Waals surface area contributed by atoms with Gasteiger partial charge in [-0.25, -0.2) is 4.79 Å². The first-order valence-corrected chi connectivity index (χ1v) is 6.66. The summed E-state index contributed by atoms with van der Waals surface area (Å²) in [6.07, 6.45) is 2.08. The van der Waals surface area contributed by atoms with Crippen LogP contribution in [0.4, 0.5) is 0 Å². The van der Waals surface area contributed by atoms with Crippen LogP contribution in [0.25, 0.3) is 0 Å². The van der Waals surface area contributed by atoms with Gasteiger partial charge in [0.1, 0.15) is 11.9 Å². The van der Waals surface area contributed by atoms with E-state index in [2.05, 4.69) is 6.92 Å². The first-order valence-electron chi connectivity index (χ1n) is 6.66. The van der Waals surface area contributed by atoms with E-state index in [1.54, 1.807) is 12.1 Å². The molecule has 0 aliphatic carbocycles. The smallest absolute Gasteiger partial charge is 0.335 e. The monoisotopic (exact) mass is 266 g/mol. The topological polar surface area (TPSA) is 55.8 Å². The van der Waals surface area contributed by atoms with E-state index in [-0.39, 0.29) is 17.8 Å². The second-order valence-corrected chi connectivity index (χ2v) is 4.58. The van der Waals surface area contributed by atoms with Crippen molar-refractivity contribution in [2.75, 3.05) is 6.61 Å². The standard InChI is InChI=1S/C15H22O4/c1-4-5-10-18-11(2)12(3)19-14-8-6-13(7-9-14)15(16)17/h6-9,11-12H,4-5,10H2,1-3H3,(H,16,17). The molecule has 106 valence electrons. The second-order valence-electron chi connectivity index (χ2n) is 4.58. The van der Waals surface area contributed by atoms with Crippen LogP contribution in [0, 0.1) is 0 Å². The van der Waals surface area contributed by atoms with E-state index in [0.29, 0.717) is 5.75 Å². The number of benzene rings is 1. The number of carboxylic acids is 1. The summed E-state index contributed by atoms with van der Waals surface area (Å²) in [6, 6.07) is 6.40. The Morgan fingerprint density at radius 3 is 2.37 bits per heavy atom. The lowest BCUT2D eigenvalue weighted by Crippen LogP contribution is -2.29. The van der Waals surface area contributed by atoms with Gasteiger partial charge in [0.2, 0.25) is 0 Å². The predicted octanol–water partition coefficient (Wildman–Crippen LogP) is 3.36. The average molecular weight is 266 g/mol. The number of aromatic carboxylic acids is 1. The molecular weight excluding hydrogens is 244 g/mol. The molecule has 1 N–H and O–H groups in total. The van der Waals surface area contributed by atoms with Gasteiger partial charge in [0.15, 0.2) is 0 Å². The van der Waals surface area contributed by atoms with E-state index in [0.717, 1.165) is 19.4 Å². The zero-order valence-corrected chi connectivity index (χ0v) is 11.8. The number of hydrogen-bond donors (Lipinski definition) is 1. The van der Waals surface area contributed by atoms with E-state index in [1.807, 2.05) is 13.8 Å². The lowest BCUT2D eigenvalue weighted by molar-refractivity contribution is -0.00817. The number of ether oxygens (including phenoxy) is 2. The van der Waals surface area contributed by atoms with Gasteiger partial charge in [-0.3, -0.25) is 0 Å². The van der Waals surface area contributed by atoms with E-state index in [9.17, 15) is 4.79 Å². The summed E-state index contributed by atoms with van der Waals surface area (Å²) in [5, 5.41) is 8.81. The van der Waals surface area contributed by atoms with Crippen LogP contribution in [0.1, 0.15) is 44.0 Å². The maximum absolute atomic E-state index is 10.7. The Morgan fingerprint density at radius 2 is 1.84 bits per heavy atom. The van der Waals surface area contributed by atoms with Crippen molar-refractivity contribution in [3.8, 4) is 5.75 Å². The third kappa shape index (κ3) is 5.30. The summed E-state index contributed by atoms with van der Waals surface area (Å²) in [5.74, 6) is -0.278. The van der Waals surface area contributed by atoms with Crippen LogP contribution in [0.5, 0.6) is 5.75 Å². The van der Waals surface area contributed by atoms with Gasteiger partial charge in [-0.2, -0.15) is 0 Å². The van der Waals surface area contributed by atoms with Crippen LogP contribution in [0.3, 0.4) is 0 Å². The van der Waals surface area contributed by atoms with Crippen LogP contribution in [-0.4, -0.2) is 29.9 Å². The molecule has 1 aromatic carbocycles. The molecule has 0 amide bonds. The highest BCUT2D eigenvalue weighted by Gasteiger charge is 2.14. The van der Waals surface area contributed by atoms with Gasteiger partial charge >= 0.3 is 5.97 Å². The molecule has 1 aromatic rings. The predicted molar refractivity (Wildman–Crippen MR) is 73.8 cm³/mol. The van der Waals surface area contributed by atoms with Crippen molar-refractivity contribution in [1.29, 1.82) is 0 Å². The number of hydrogen-bond acceptors (Lipinski definition) is 3. The number of carbonyl (C=O) groups is 1. The molecule has 0 aromatic heterocycles. The van der Waals surface area contributed by atoms with Crippen molar-refractivity contribution in [3.63, 3.8) is 0 Å². The van der Waals surface area contributed by atoms with Gasteiger partial charge in [0.05, 0.1) is 11.7 Å². The third-order valence-electron chi connectivity index (χ3n) is 2.96. The fraction of sp³-hybridized carbons (Fsp3) is 0.533. The summed E-state index contributed by atoms with van der Waals surface area (Å²) in [5.41, 5.74) is 0.257. The molecule has 19 heavy (non-hydrogen) atoms. The molecule has 2 atom stereocenters. The SMILES string of the molecule is CCCCOC(C)C(C)Oc1ccc(C(=O)O)cc1. The fourth-order valence-electron chi connectivity index (χ4n) is 1.54. The Morgan fingerprint density at radius 1 is 1.21 bits per heavy atom. The number of carboxylic acid groups (broad SMARTS) is 1. The van der Waals surface area contributed by atoms with Crippen LogP contribution in [0.15, 0.2) is 24.3 Å². The molecule has 0 heterocycles. The summed E-state index contributed by atoms with van der Waals surface area (Å²) in [4.78, 5) is 10.7. The van der Waals surface area contributed by atoms with Gasteiger partial charge in [0, 0.05) is 6.61 Å². The zero-order valence-electron chi connectivity index (χ0n) is 11.8. The lowest BCUT2D eigenvalue weighted by Gasteiger charge is -2.22. The van der Waals surface area contributed by atoms with Gasteiger partial charge in [-0.15, -0.1) is 0 Å². The highest BCUT2D eigenvalue weighted by molar-refractivity contribution is 5.87. The number of unbranched alkanes of at least 4 members (excludes halogenated alkanes) is 1. The van der Waals surface area contributed by atoms with Crippen molar-refractivity contribution in [1.82, 2.24) is 0 Å². The maximum Gasteiger partial charge on any atom is 0.335 e. The lowest BCUT2D eigenvalue weighted by atomic mass is 10.2. The average Bonchev–Trinajstić information content (AvgIpc) is 2.39. The quantitative estimate of drug-likeness (QED) is 0.733. The van der Waals surface area contributed by atoms with E-state index >= 15 is 0 Å². The van der Waals surface area contributed by atoms with E-state index in [1.165, 1.54) is 12.1 Å². The number of rotatable bonds is 8. The molecule has 0 radical (unpaired) electrons. The Bertz CT molecular complexity index is 386. The molecule has 0 saturated heterocycles. The van der Waals surface area contributed by atoms with Crippen molar-refractivity contribution in [3.05, 3.63) is 29.8 Å². The normalized spacial score (nSPS) is 13.8. The van der Waals surface area contributed by atoms with Crippen LogP contribution >= 0.6 is 0 Å². The molecule has 4 heteroatoms. The third-order valence-corrected chi connectivity index (χ3v) is 2.96. The van der Waals surface area contributed by atoms with Gasteiger partial charge < -0.3 is 14.6 Å². The molecule has 0 saturated carbocycles. The van der Waals surface area contributed by atoms with Gasteiger partial charge in [-0.05, 0) is 44.5 Å². The highest BCUT2D eigenvalue weighted by atomic mass is 16.5. The molecule has 2 unspecified atom stereocenters. The van der Waals surface area contributed by atoms with Crippen molar-refractivity contribution < 1.29 is 19.4 Å². The van der Waals surface area contributed by atoms with Crippen molar-refractivity contribution in [2.45, 2.75) is 45.8 Å². The van der Waals surface area contributed by atoms with Crippen LogP contribution in [0.2, 0.25) is 0 Å². The largest absolute Gasteiger partial charge is 0.488 e. The fourth-order valence-corrected chi connectivity index (χ4v) is 1.54. The molecule has 0 aliphatic heterocycles. The first-order chi connectivity index (χ1) is 9.04. The molecule has 0 spiro atoms. The van der Waals surface area contributed by atoms with Crippen LogP contribution < -0.4 is 4.74 Å². The first kappa shape index (κ1) is 15.5. The molecule has 1 rings (SSSR count). The maximum atomic E-state index is 10.7. The van der Waals surface area contributed by atoms with Gasteiger partial charge in [-0.1, -0.05) is 13.3 Å². The molecule has 0 aliphatic rings. The van der Waals surface area contributed by atoms with Crippen LogP contribution in [-0.2, 0) is 4.74 Å². The van der Waals surface area contributed by atoms with E-state index < -0.39 is 5.97 Å². The molecule has 0 bridgehead atoms. The molecule has 4 nitrogen and oxygen atoms in total. The Hall–Kier alpha value is -1.55.